The number of nitrogens with one attached hydrogen (secondary N) is 1. The summed E-state index contributed by atoms with van der Waals surface area (Å²) >= 11 is 0. The van der Waals surface area contributed by atoms with E-state index < -0.39 is 14.0 Å². The fraction of sp³-hybridized carbons (Fsp3) is 0.154. The smallest absolute Gasteiger partial charge is 0.0940 e. The molecule has 3 atom stereocenters. The van der Waals surface area contributed by atoms with Gasteiger partial charge in [0.25, 0.3) is 0 Å². The van der Waals surface area contributed by atoms with Crippen molar-refractivity contribution in [2.75, 3.05) is 6.29 Å². The molecular formula is C26H26NOP. The number of benzene rings is 4. The summed E-state index contributed by atoms with van der Waals surface area (Å²) < 4.78 is 0. The molecule has 0 saturated heterocycles. The Hall–Kier alpha value is -2.51. The summed E-state index contributed by atoms with van der Waals surface area (Å²) in [5.41, 5.74) is 0.946. The third kappa shape index (κ3) is 4.57. The van der Waals surface area contributed by atoms with E-state index >= 15 is 0 Å². The molecule has 0 spiro atoms. The van der Waals surface area contributed by atoms with E-state index in [1.54, 1.807) is 0 Å². The monoisotopic (exact) mass is 399 g/mol. The van der Waals surface area contributed by atoms with Crippen LogP contribution in [0.15, 0.2) is 103 Å². The molecule has 3 heteroatoms. The third-order valence-electron chi connectivity index (χ3n) is 5.31. The van der Waals surface area contributed by atoms with Crippen LogP contribution in [0.3, 0.4) is 0 Å². The van der Waals surface area contributed by atoms with Gasteiger partial charge in [-0.3, -0.25) is 0 Å². The van der Waals surface area contributed by atoms with Crippen LogP contribution in [-0.4, -0.2) is 17.4 Å². The molecular weight excluding hydrogens is 373 g/mol. The maximum Gasteiger partial charge on any atom is 0.0940 e. The lowest BCUT2D eigenvalue weighted by atomic mass is 10.0. The second-order valence-corrected chi connectivity index (χ2v) is 9.44. The molecule has 4 rings (SSSR count). The molecule has 0 aliphatic carbocycles. The van der Waals surface area contributed by atoms with Crippen LogP contribution in [0.5, 0.6) is 0 Å². The number of hydrogen-bond donors (Lipinski definition) is 2. The van der Waals surface area contributed by atoms with Crippen molar-refractivity contribution in [3.63, 3.8) is 0 Å². The van der Waals surface area contributed by atoms with Gasteiger partial charge in [-0.1, -0.05) is 103 Å². The molecule has 4 aromatic carbocycles. The number of hydrogen-bond acceptors (Lipinski definition) is 2. The predicted molar refractivity (Wildman–Crippen MR) is 125 cm³/mol. The van der Waals surface area contributed by atoms with Crippen LogP contribution in [0, 0.1) is 0 Å². The van der Waals surface area contributed by atoms with Gasteiger partial charge in [0.1, 0.15) is 0 Å². The molecule has 29 heavy (non-hydrogen) atoms. The molecule has 0 radical (unpaired) electrons. The summed E-state index contributed by atoms with van der Waals surface area (Å²) in [5, 5.41) is 19.7. The van der Waals surface area contributed by atoms with Crippen molar-refractivity contribution in [3.05, 3.63) is 109 Å². The van der Waals surface area contributed by atoms with Gasteiger partial charge >= 0.3 is 0 Å². The van der Waals surface area contributed by atoms with Gasteiger partial charge in [-0.05, 0) is 41.8 Å². The molecule has 0 aromatic heterocycles. The van der Waals surface area contributed by atoms with Gasteiger partial charge in [-0.15, -0.1) is 0 Å². The lowest BCUT2D eigenvalue weighted by Gasteiger charge is -2.26. The van der Waals surface area contributed by atoms with Crippen LogP contribution in [-0.2, 0) is 0 Å². The Morgan fingerprint density at radius 3 is 2.14 bits per heavy atom. The summed E-state index contributed by atoms with van der Waals surface area (Å²) in [4.78, 5) is 0. The first-order valence-electron chi connectivity index (χ1n) is 10.0. The molecule has 0 fully saturated rings. The maximum atomic E-state index is 10.8. The number of rotatable bonds is 7. The van der Waals surface area contributed by atoms with Crippen molar-refractivity contribution in [2.45, 2.75) is 19.1 Å². The summed E-state index contributed by atoms with van der Waals surface area (Å²) in [6.07, 6.45) is 0.287. The lowest BCUT2D eigenvalue weighted by molar-refractivity contribution is 0.139. The molecule has 0 bridgehead atoms. The van der Waals surface area contributed by atoms with Crippen molar-refractivity contribution in [1.82, 2.24) is 5.32 Å². The highest BCUT2D eigenvalue weighted by molar-refractivity contribution is 7.73. The summed E-state index contributed by atoms with van der Waals surface area (Å²) in [6, 6.07) is 35.7. The van der Waals surface area contributed by atoms with E-state index in [2.05, 4.69) is 85.0 Å². The molecule has 0 aliphatic rings. The molecule has 1 unspecified atom stereocenters. The summed E-state index contributed by atoms with van der Waals surface area (Å²) in [6.45, 7) is 2.05. The highest BCUT2D eigenvalue weighted by Gasteiger charge is 2.20. The number of aliphatic hydroxyl groups is 1. The summed E-state index contributed by atoms with van der Waals surface area (Å²) in [7, 11) is -0.599. The van der Waals surface area contributed by atoms with E-state index in [4.69, 9.17) is 0 Å². The van der Waals surface area contributed by atoms with Crippen LogP contribution >= 0.6 is 7.92 Å². The van der Waals surface area contributed by atoms with E-state index in [1.165, 1.54) is 21.4 Å². The van der Waals surface area contributed by atoms with Gasteiger partial charge in [0, 0.05) is 12.3 Å². The van der Waals surface area contributed by atoms with Gasteiger partial charge in [0.15, 0.2) is 0 Å². The van der Waals surface area contributed by atoms with Gasteiger partial charge < -0.3 is 10.4 Å². The Kier molecular flexibility index (Phi) is 6.36. The second kappa shape index (κ2) is 9.33. The van der Waals surface area contributed by atoms with E-state index in [-0.39, 0.29) is 6.04 Å². The average Bonchev–Trinajstić information content (AvgIpc) is 2.80. The minimum absolute atomic E-state index is 0.0407. The van der Waals surface area contributed by atoms with Crippen molar-refractivity contribution >= 4 is 29.3 Å². The fourth-order valence-electron chi connectivity index (χ4n) is 3.65. The molecule has 2 nitrogen and oxygen atoms in total. The minimum Gasteiger partial charge on any atom is -0.387 e. The van der Waals surface area contributed by atoms with Gasteiger partial charge in [-0.25, -0.2) is 0 Å². The second-order valence-electron chi connectivity index (χ2n) is 7.27. The van der Waals surface area contributed by atoms with Crippen molar-refractivity contribution in [2.24, 2.45) is 0 Å². The molecule has 2 N–H and O–H groups in total. The number of fused-ring (bicyclic) bond motifs is 1. The summed E-state index contributed by atoms with van der Waals surface area (Å²) in [5.74, 6) is 0. The van der Waals surface area contributed by atoms with E-state index in [1.807, 2.05) is 30.3 Å². The zero-order valence-corrected chi connectivity index (χ0v) is 17.5. The van der Waals surface area contributed by atoms with E-state index in [0.717, 1.165) is 11.8 Å². The van der Waals surface area contributed by atoms with E-state index in [9.17, 15) is 5.11 Å². The Balaban J connectivity index is 1.62. The van der Waals surface area contributed by atoms with Crippen molar-refractivity contribution in [1.29, 1.82) is 0 Å². The highest BCUT2D eigenvalue weighted by atomic mass is 31.1. The number of aliphatic hydroxyl groups excluding tert-OH is 1. The topological polar surface area (TPSA) is 32.3 Å². The zero-order chi connectivity index (χ0) is 20.1. The predicted octanol–water partition coefficient (Wildman–Crippen LogP) is 4.94. The van der Waals surface area contributed by atoms with Crippen LogP contribution < -0.4 is 15.9 Å². The SMILES string of the molecule is C[C@H](NCP(c1ccccc1)c1cccc2ccccc12)[C@H](O)c1ccccc1. The first kappa shape index (κ1) is 19.8. The first-order valence-corrected chi connectivity index (χ1v) is 11.5. The standard InChI is InChI=1S/C26H26NOP/c1-20(26(28)22-12-4-2-5-13-22)27-19-29(23-15-6-3-7-16-23)25-18-10-14-21-11-8-9-17-24(21)25/h2-18,20,26-28H,19H2,1H3/t20-,26-,29?/m0/s1. The van der Waals surface area contributed by atoms with Crippen LogP contribution in [0.4, 0.5) is 0 Å². The molecule has 4 aromatic rings. The largest absolute Gasteiger partial charge is 0.387 e. The van der Waals surface area contributed by atoms with E-state index in [0.29, 0.717) is 0 Å². The normalized spacial score (nSPS) is 14.4. The quantitative estimate of drug-likeness (QED) is 0.432. The van der Waals surface area contributed by atoms with Crippen LogP contribution in [0.25, 0.3) is 10.8 Å². The molecule has 0 amide bonds. The van der Waals surface area contributed by atoms with Crippen molar-refractivity contribution < 1.29 is 5.11 Å². The fourth-order valence-corrected chi connectivity index (χ4v) is 6.05. The molecule has 0 heterocycles. The minimum atomic E-state index is -0.599. The van der Waals surface area contributed by atoms with Gasteiger partial charge in [0.2, 0.25) is 0 Å². The highest BCUT2D eigenvalue weighted by Crippen LogP contribution is 2.35. The van der Waals surface area contributed by atoms with Crippen molar-refractivity contribution in [3.8, 4) is 0 Å². The molecule has 0 aliphatic heterocycles. The first-order chi connectivity index (χ1) is 14.2. The Morgan fingerprint density at radius 1 is 0.759 bits per heavy atom. The average molecular weight is 399 g/mol. The van der Waals surface area contributed by atoms with Crippen LogP contribution in [0.1, 0.15) is 18.6 Å². The Labute approximate surface area is 174 Å². The van der Waals surface area contributed by atoms with Crippen LogP contribution in [0.2, 0.25) is 0 Å². The zero-order valence-electron chi connectivity index (χ0n) is 16.6. The maximum absolute atomic E-state index is 10.8. The lowest BCUT2D eigenvalue weighted by Crippen LogP contribution is -2.34. The van der Waals surface area contributed by atoms with Gasteiger partial charge in [0.05, 0.1) is 6.10 Å². The Bertz CT molecular complexity index is 1050. The molecule has 0 saturated carbocycles. The van der Waals surface area contributed by atoms with Gasteiger partial charge in [-0.2, -0.15) is 0 Å². The molecule has 146 valence electrons. The Morgan fingerprint density at radius 2 is 1.38 bits per heavy atom. The third-order valence-corrected chi connectivity index (χ3v) is 7.70.